The molecule has 0 amide bonds. The summed E-state index contributed by atoms with van der Waals surface area (Å²) >= 11 is 0. The topological polar surface area (TPSA) is 4.93 Å². The van der Waals surface area contributed by atoms with Crippen molar-refractivity contribution in [2.75, 3.05) is 0 Å². The zero-order valence-corrected chi connectivity index (χ0v) is 37.0. The average molecular weight is 858 g/mol. The number of fused-ring (bicyclic) bond motifs is 6. The molecule has 12 aromatic rings. The molecule has 0 N–H and O–H groups in total. The summed E-state index contributed by atoms with van der Waals surface area (Å²) in [6.07, 6.45) is 2.37. The second-order valence-corrected chi connectivity index (χ2v) is 20.3. The molecule has 13 rings (SSSR count). The van der Waals surface area contributed by atoms with Crippen molar-refractivity contribution in [2.45, 2.75) is 19.6 Å². The van der Waals surface area contributed by atoms with Gasteiger partial charge in [-0.1, -0.05) is 200 Å². The molecular formula is C64H43NS. The van der Waals surface area contributed by atoms with E-state index in [9.17, 15) is 0 Å². The van der Waals surface area contributed by atoms with Crippen molar-refractivity contribution in [2.24, 2.45) is 0 Å². The molecule has 11 aromatic carbocycles. The number of hydrogen-bond donors (Lipinski definition) is 0. The van der Waals surface area contributed by atoms with Gasteiger partial charge in [-0.25, -0.2) is 0 Å². The number of aromatic nitrogens is 1. The van der Waals surface area contributed by atoms with Crippen molar-refractivity contribution in [3.63, 3.8) is 0 Å². The highest BCUT2D eigenvalue weighted by Gasteiger charge is 2.42. The minimum Gasteiger partial charge on any atom is -0.316 e. The highest BCUT2D eigenvalue weighted by molar-refractivity contribution is 8.34. The van der Waals surface area contributed by atoms with Gasteiger partial charge >= 0.3 is 0 Å². The summed E-state index contributed by atoms with van der Waals surface area (Å²) in [4.78, 5) is 5.47. The van der Waals surface area contributed by atoms with Crippen LogP contribution in [0.3, 0.4) is 0 Å². The minimum absolute atomic E-state index is 1.15. The largest absolute Gasteiger partial charge is 0.316 e. The van der Waals surface area contributed by atoms with E-state index in [2.05, 4.69) is 266 Å². The van der Waals surface area contributed by atoms with E-state index in [1.54, 1.807) is 0 Å². The van der Waals surface area contributed by atoms with E-state index in [4.69, 9.17) is 0 Å². The summed E-state index contributed by atoms with van der Waals surface area (Å²) in [5, 5.41) is 6.27. The summed E-state index contributed by atoms with van der Waals surface area (Å²) in [5.74, 6) is 0. The van der Waals surface area contributed by atoms with Crippen LogP contribution in [0.1, 0.15) is 0 Å². The van der Waals surface area contributed by atoms with Gasteiger partial charge in [0.1, 0.15) is 0 Å². The van der Waals surface area contributed by atoms with E-state index in [0.717, 1.165) is 5.69 Å². The predicted octanol–water partition coefficient (Wildman–Crippen LogP) is 17.9. The Morgan fingerprint density at radius 1 is 0.273 bits per heavy atom. The molecule has 0 unspecified atom stereocenters. The molecule has 1 aliphatic rings. The van der Waals surface area contributed by atoms with Crippen molar-refractivity contribution >= 4 is 42.5 Å². The molecule has 0 radical (unpaired) electrons. The Morgan fingerprint density at radius 3 is 1.36 bits per heavy atom. The van der Waals surface area contributed by atoms with Gasteiger partial charge < -0.3 is 4.57 Å². The standard InChI is InChI=1S/C64H43NS/c1-3-19-52(20-4-1)66(53-21-5-2-6-22-53)63-28-12-11-25-58(63)59-39-38-51(42-64(59)66)65-43-61(49-35-33-48(34-36-49)57-27-14-18-46-16-8-10-24-55(46)57)60-41-50(37-40-62(60)65)44-29-31-47(32-30-44)56-26-13-17-45-15-7-9-23-54(45)56/h1-43H. The van der Waals surface area contributed by atoms with Crippen LogP contribution in [0.4, 0.5) is 0 Å². The van der Waals surface area contributed by atoms with E-state index < -0.39 is 10.0 Å². The van der Waals surface area contributed by atoms with Crippen molar-refractivity contribution < 1.29 is 0 Å². The Balaban J connectivity index is 0.985. The minimum atomic E-state index is -1.81. The van der Waals surface area contributed by atoms with Crippen LogP contribution in [-0.2, 0) is 0 Å². The smallest absolute Gasteiger partial charge is 0.0535 e. The first kappa shape index (κ1) is 38.3. The molecule has 2 heterocycles. The highest BCUT2D eigenvalue weighted by atomic mass is 32.3. The maximum absolute atomic E-state index is 2.50. The zero-order chi connectivity index (χ0) is 43.6. The van der Waals surface area contributed by atoms with Crippen LogP contribution in [0.15, 0.2) is 281 Å². The second kappa shape index (κ2) is 15.5. The lowest BCUT2D eigenvalue weighted by molar-refractivity contribution is 1.11. The Morgan fingerprint density at radius 2 is 0.742 bits per heavy atom. The lowest BCUT2D eigenvalue weighted by atomic mass is 9.94. The fraction of sp³-hybridized carbons (Fsp3) is 0. The number of benzene rings is 11. The van der Waals surface area contributed by atoms with E-state index >= 15 is 0 Å². The molecule has 310 valence electrons. The molecule has 1 aromatic heterocycles. The molecule has 66 heavy (non-hydrogen) atoms. The molecule has 0 saturated heterocycles. The third-order valence-corrected chi connectivity index (χ3v) is 17.7. The van der Waals surface area contributed by atoms with Crippen LogP contribution in [0.25, 0.3) is 93.8 Å². The van der Waals surface area contributed by atoms with Crippen LogP contribution >= 0.6 is 10.0 Å². The quantitative estimate of drug-likeness (QED) is 0.150. The van der Waals surface area contributed by atoms with Crippen LogP contribution in [0, 0.1) is 0 Å². The Hall–Kier alpha value is -8.17. The molecule has 1 aliphatic heterocycles. The number of nitrogens with zero attached hydrogens (tertiary/aromatic N) is 1. The first-order valence-electron chi connectivity index (χ1n) is 22.7. The van der Waals surface area contributed by atoms with Gasteiger partial charge in [0.2, 0.25) is 0 Å². The van der Waals surface area contributed by atoms with Gasteiger partial charge in [-0.15, -0.1) is 10.0 Å². The van der Waals surface area contributed by atoms with Crippen molar-refractivity contribution in [3.8, 4) is 61.3 Å². The zero-order valence-electron chi connectivity index (χ0n) is 36.2. The first-order valence-corrected chi connectivity index (χ1v) is 24.4. The van der Waals surface area contributed by atoms with Crippen LogP contribution < -0.4 is 0 Å². The lowest BCUT2D eigenvalue weighted by Gasteiger charge is -2.39. The van der Waals surface area contributed by atoms with Gasteiger partial charge in [0.25, 0.3) is 0 Å². The van der Waals surface area contributed by atoms with Gasteiger partial charge in [0, 0.05) is 42.4 Å². The monoisotopic (exact) mass is 857 g/mol. The van der Waals surface area contributed by atoms with Gasteiger partial charge in [-0.3, -0.25) is 0 Å². The van der Waals surface area contributed by atoms with Crippen LogP contribution in [0.2, 0.25) is 0 Å². The maximum atomic E-state index is 2.50. The fourth-order valence-corrected chi connectivity index (χ4v) is 14.8. The first-order chi connectivity index (χ1) is 32.7. The van der Waals surface area contributed by atoms with Crippen molar-refractivity contribution in [1.29, 1.82) is 0 Å². The van der Waals surface area contributed by atoms with E-state index in [1.165, 1.54) is 108 Å². The van der Waals surface area contributed by atoms with Crippen molar-refractivity contribution in [1.82, 2.24) is 4.57 Å². The van der Waals surface area contributed by atoms with Crippen LogP contribution in [-0.4, -0.2) is 4.57 Å². The Bertz CT molecular complexity index is 3740. The number of rotatable bonds is 7. The molecule has 0 spiro atoms. The molecule has 0 saturated carbocycles. The second-order valence-electron chi connectivity index (χ2n) is 17.3. The summed E-state index contributed by atoms with van der Waals surface area (Å²) in [6, 6.07) is 94.5. The average Bonchev–Trinajstić information content (AvgIpc) is 3.93. The molecule has 2 heteroatoms. The number of hydrogen-bond acceptors (Lipinski definition) is 0. The molecular weight excluding hydrogens is 815 g/mol. The molecule has 0 fully saturated rings. The third-order valence-electron chi connectivity index (χ3n) is 13.7. The molecule has 1 nitrogen and oxygen atoms in total. The lowest BCUT2D eigenvalue weighted by Crippen LogP contribution is -2.02. The third kappa shape index (κ3) is 6.03. The molecule has 0 atom stereocenters. The Labute approximate surface area is 386 Å². The van der Waals surface area contributed by atoms with Crippen molar-refractivity contribution in [3.05, 3.63) is 261 Å². The van der Waals surface area contributed by atoms with Crippen LogP contribution in [0.5, 0.6) is 0 Å². The van der Waals surface area contributed by atoms with Gasteiger partial charge in [0.15, 0.2) is 0 Å². The SMILES string of the molecule is c1ccc(S2(c3ccccc3)c3ccccc3-c3ccc(-n4cc(-c5ccc(-c6cccc7ccccc67)cc5)c5cc(-c6ccc(-c7cccc8ccccc78)cc6)ccc54)cc32)cc1. The van der Waals surface area contributed by atoms with E-state index in [0.29, 0.717) is 0 Å². The van der Waals surface area contributed by atoms with E-state index in [1.807, 2.05) is 0 Å². The normalized spacial score (nSPS) is 13.2. The van der Waals surface area contributed by atoms with E-state index in [-0.39, 0.29) is 0 Å². The summed E-state index contributed by atoms with van der Waals surface area (Å²) in [5.41, 5.74) is 14.7. The maximum Gasteiger partial charge on any atom is 0.0535 e. The summed E-state index contributed by atoms with van der Waals surface area (Å²) < 4.78 is 2.43. The predicted molar refractivity (Wildman–Crippen MR) is 279 cm³/mol. The summed E-state index contributed by atoms with van der Waals surface area (Å²) in [7, 11) is -1.81. The Kier molecular flexibility index (Phi) is 9.01. The highest BCUT2D eigenvalue weighted by Crippen LogP contribution is 2.80. The molecule has 0 aliphatic carbocycles. The van der Waals surface area contributed by atoms with Gasteiger partial charge in [-0.05, 0) is 126 Å². The van der Waals surface area contributed by atoms with Gasteiger partial charge in [0.05, 0.1) is 5.52 Å². The summed E-state index contributed by atoms with van der Waals surface area (Å²) in [6.45, 7) is 0. The molecule has 0 bridgehead atoms. The fourth-order valence-electron chi connectivity index (χ4n) is 10.6. The van der Waals surface area contributed by atoms with Gasteiger partial charge in [-0.2, -0.15) is 0 Å².